The fourth-order valence-corrected chi connectivity index (χ4v) is 2.94. The van der Waals surface area contributed by atoms with E-state index in [0.717, 1.165) is 32.1 Å². The molecule has 2 aliphatic rings. The largest absolute Gasteiger partial charge is 0.386 e. The highest BCUT2D eigenvalue weighted by molar-refractivity contribution is 5.77. The quantitative estimate of drug-likeness (QED) is 0.715. The van der Waals surface area contributed by atoms with Gasteiger partial charge in [-0.3, -0.25) is 4.79 Å². The van der Waals surface area contributed by atoms with Gasteiger partial charge in [-0.2, -0.15) is 0 Å². The fourth-order valence-electron chi connectivity index (χ4n) is 2.94. The molecular weight excluding hydrogens is 228 g/mol. The Hall–Kier alpha value is -0.610. The van der Waals surface area contributed by atoms with Crippen molar-refractivity contribution in [2.24, 2.45) is 17.6 Å². The molecule has 0 aromatic carbocycles. The number of likely N-dealkylation sites (tertiary alicyclic amines) is 1. The van der Waals surface area contributed by atoms with Crippen molar-refractivity contribution in [3.8, 4) is 0 Å². The molecule has 1 atom stereocenters. The molecule has 2 rings (SSSR count). The zero-order chi connectivity index (χ0) is 13.2. The number of carbonyl (C=O) groups excluding carboxylic acids is 1. The molecule has 1 saturated heterocycles. The van der Waals surface area contributed by atoms with Crippen LogP contribution in [0, 0.1) is 11.8 Å². The minimum Gasteiger partial charge on any atom is -0.386 e. The highest BCUT2D eigenvalue weighted by Gasteiger charge is 2.52. The van der Waals surface area contributed by atoms with E-state index >= 15 is 0 Å². The molecule has 1 aliphatic heterocycles. The zero-order valence-corrected chi connectivity index (χ0v) is 11.4. The lowest BCUT2D eigenvalue weighted by Gasteiger charge is -2.47. The monoisotopic (exact) mass is 254 g/mol. The predicted octanol–water partition coefficient (Wildman–Crippen LogP) is 1.12. The third-order valence-corrected chi connectivity index (χ3v) is 4.54. The van der Waals surface area contributed by atoms with E-state index in [4.69, 9.17) is 5.73 Å². The van der Waals surface area contributed by atoms with Crippen LogP contribution in [0.25, 0.3) is 0 Å². The maximum Gasteiger partial charge on any atom is 0.222 e. The number of carbonyl (C=O) groups is 1. The summed E-state index contributed by atoms with van der Waals surface area (Å²) in [6.45, 7) is 3.98. The van der Waals surface area contributed by atoms with Gasteiger partial charge in [0, 0.05) is 6.42 Å². The van der Waals surface area contributed by atoms with Crippen LogP contribution in [0.5, 0.6) is 0 Å². The Bertz CT molecular complexity index is 296. The van der Waals surface area contributed by atoms with Gasteiger partial charge in [-0.1, -0.05) is 13.3 Å². The van der Waals surface area contributed by atoms with Crippen molar-refractivity contribution in [1.82, 2.24) is 4.90 Å². The molecule has 1 heterocycles. The van der Waals surface area contributed by atoms with Crippen molar-refractivity contribution in [3.05, 3.63) is 0 Å². The molecule has 0 bridgehead atoms. The van der Waals surface area contributed by atoms with Gasteiger partial charge in [0.2, 0.25) is 5.91 Å². The van der Waals surface area contributed by atoms with Crippen molar-refractivity contribution in [2.75, 3.05) is 19.6 Å². The van der Waals surface area contributed by atoms with E-state index in [0.29, 0.717) is 37.9 Å². The molecule has 0 radical (unpaired) electrons. The second-order valence-electron chi connectivity index (χ2n) is 6.02. The number of hydrogen-bond donors (Lipinski definition) is 2. The first-order valence-corrected chi connectivity index (χ1v) is 7.29. The summed E-state index contributed by atoms with van der Waals surface area (Å²) in [6.07, 6.45) is 5.91. The summed E-state index contributed by atoms with van der Waals surface area (Å²) >= 11 is 0. The average molecular weight is 254 g/mol. The number of nitrogens with zero attached hydrogens (tertiary/aromatic N) is 1. The lowest BCUT2D eigenvalue weighted by Crippen LogP contribution is -2.64. The molecule has 0 aromatic heterocycles. The Morgan fingerprint density at radius 3 is 2.61 bits per heavy atom. The van der Waals surface area contributed by atoms with E-state index in [2.05, 4.69) is 6.92 Å². The number of amides is 1. The average Bonchev–Trinajstić information content (AvgIpc) is 3.14. The first kappa shape index (κ1) is 13.8. The topological polar surface area (TPSA) is 66.6 Å². The minimum atomic E-state index is -0.545. The summed E-state index contributed by atoms with van der Waals surface area (Å²) in [5.74, 6) is 1.24. The first-order chi connectivity index (χ1) is 8.59. The van der Waals surface area contributed by atoms with Crippen molar-refractivity contribution >= 4 is 5.91 Å². The van der Waals surface area contributed by atoms with E-state index in [-0.39, 0.29) is 5.91 Å². The van der Waals surface area contributed by atoms with E-state index in [9.17, 15) is 9.90 Å². The van der Waals surface area contributed by atoms with Crippen LogP contribution in [-0.4, -0.2) is 41.1 Å². The highest BCUT2D eigenvalue weighted by Crippen LogP contribution is 2.44. The summed E-state index contributed by atoms with van der Waals surface area (Å²) in [4.78, 5) is 13.8. The standard InChI is InChI=1S/C14H26N2O2/c1-2-11(7-8-15)3-6-13(17)16-9-14(18,10-16)12-4-5-12/h11-12,18H,2-10,15H2,1H3. The van der Waals surface area contributed by atoms with Gasteiger partial charge in [-0.15, -0.1) is 0 Å². The fraction of sp³-hybridized carbons (Fsp3) is 0.929. The predicted molar refractivity (Wildman–Crippen MR) is 70.9 cm³/mol. The van der Waals surface area contributed by atoms with Gasteiger partial charge in [-0.05, 0) is 44.1 Å². The molecule has 1 unspecified atom stereocenters. The van der Waals surface area contributed by atoms with Gasteiger partial charge in [0.15, 0.2) is 0 Å². The second-order valence-corrected chi connectivity index (χ2v) is 6.02. The van der Waals surface area contributed by atoms with Crippen LogP contribution in [0.3, 0.4) is 0 Å². The van der Waals surface area contributed by atoms with Gasteiger partial charge in [0.1, 0.15) is 5.60 Å². The van der Waals surface area contributed by atoms with Crippen molar-refractivity contribution in [1.29, 1.82) is 0 Å². The van der Waals surface area contributed by atoms with Crippen LogP contribution in [0.15, 0.2) is 0 Å². The van der Waals surface area contributed by atoms with Crippen LogP contribution in [0.4, 0.5) is 0 Å². The molecule has 104 valence electrons. The third kappa shape index (κ3) is 3.04. The number of nitrogens with two attached hydrogens (primary N) is 1. The highest BCUT2D eigenvalue weighted by atomic mass is 16.3. The lowest BCUT2D eigenvalue weighted by molar-refractivity contribution is -0.159. The number of hydrogen-bond acceptors (Lipinski definition) is 3. The molecule has 18 heavy (non-hydrogen) atoms. The molecule has 1 saturated carbocycles. The third-order valence-electron chi connectivity index (χ3n) is 4.54. The second kappa shape index (κ2) is 5.57. The summed E-state index contributed by atoms with van der Waals surface area (Å²) in [5, 5.41) is 10.2. The SMILES string of the molecule is CCC(CCN)CCC(=O)N1CC(O)(C2CC2)C1. The summed E-state index contributed by atoms with van der Waals surface area (Å²) in [5.41, 5.74) is 5.01. The van der Waals surface area contributed by atoms with Crippen LogP contribution < -0.4 is 5.73 Å². The molecule has 2 fully saturated rings. The van der Waals surface area contributed by atoms with E-state index in [1.807, 2.05) is 4.90 Å². The zero-order valence-electron chi connectivity index (χ0n) is 11.4. The summed E-state index contributed by atoms with van der Waals surface area (Å²) in [6, 6.07) is 0. The molecule has 1 aliphatic carbocycles. The van der Waals surface area contributed by atoms with Gasteiger partial charge in [0.05, 0.1) is 13.1 Å². The van der Waals surface area contributed by atoms with Crippen molar-refractivity contribution in [2.45, 2.75) is 51.0 Å². The number of β-amino-alcohol motifs (C(OH)–C–C–N with tert-alkyl or cyclic N) is 1. The van der Waals surface area contributed by atoms with Gasteiger partial charge >= 0.3 is 0 Å². The number of aliphatic hydroxyl groups is 1. The molecule has 0 aromatic rings. The van der Waals surface area contributed by atoms with E-state index in [1.165, 1.54) is 0 Å². The van der Waals surface area contributed by atoms with Gasteiger partial charge < -0.3 is 15.7 Å². The first-order valence-electron chi connectivity index (χ1n) is 7.29. The Morgan fingerprint density at radius 1 is 1.44 bits per heavy atom. The molecule has 0 spiro atoms. The van der Waals surface area contributed by atoms with E-state index < -0.39 is 5.60 Å². The van der Waals surface area contributed by atoms with Crippen molar-refractivity contribution < 1.29 is 9.90 Å². The molecule has 3 N–H and O–H groups in total. The molecule has 1 amide bonds. The van der Waals surface area contributed by atoms with Crippen molar-refractivity contribution in [3.63, 3.8) is 0 Å². The van der Waals surface area contributed by atoms with Crippen LogP contribution in [0.2, 0.25) is 0 Å². The maximum absolute atomic E-state index is 12.0. The van der Waals surface area contributed by atoms with E-state index in [1.54, 1.807) is 0 Å². The summed E-state index contributed by atoms with van der Waals surface area (Å²) in [7, 11) is 0. The van der Waals surface area contributed by atoms with Gasteiger partial charge in [0.25, 0.3) is 0 Å². The smallest absolute Gasteiger partial charge is 0.222 e. The number of rotatable bonds is 7. The minimum absolute atomic E-state index is 0.204. The molecule has 4 heteroatoms. The Morgan fingerprint density at radius 2 is 2.11 bits per heavy atom. The normalized spacial score (nSPS) is 23.6. The Labute approximate surface area is 110 Å². The Balaban J connectivity index is 1.67. The summed E-state index contributed by atoms with van der Waals surface area (Å²) < 4.78 is 0. The molecular formula is C14H26N2O2. The van der Waals surface area contributed by atoms with Crippen LogP contribution in [-0.2, 0) is 4.79 Å². The maximum atomic E-state index is 12.0. The van der Waals surface area contributed by atoms with Gasteiger partial charge in [-0.25, -0.2) is 0 Å². The Kier molecular flexibility index (Phi) is 4.28. The van der Waals surface area contributed by atoms with Crippen LogP contribution in [0.1, 0.15) is 45.4 Å². The lowest BCUT2D eigenvalue weighted by atomic mass is 9.88. The van der Waals surface area contributed by atoms with Crippen LogP contribution >= 0.6 is 0 Å². The molecule has 4 nitrogen and oxygen atoms in total.